The lowest BCUT2D eigenvalue weighted by Crippen LogP contribution is -2.47. The van der Waals surface area contributed by atoms with Crippen molar-refractivity contribution in [2.45, 2.75) is 18.7 Å². The summed E-state index contributed by atoms with van der Waals surface area (Å²) in [6.45, 7) is 0.659. The summed E-state index contributed by atoms with van der Waals surface area (Å²) in [6.07, 6.45) is -4.14. The number of carbonyl (C=O) groups is 2. The first-order chi connectivity index (χ1) is 9.50. The van der Waals surface area contributed by atoms with Crippen molar-refractivity contribution < 1.29 is 33.0 Å². The van der Waals surface area contributed by atoms with Crippen molar-refractivity contribution in [2.75, 3.05) is 5.32 Å². The van der Waals surface area contributed by atoms with E-state index in [1.165, 1.54) is 6.07 Å². The molecule has 0 fully saturated rings. The van der Waals surface area contributed by atoms with Gasteiger partial charge in [0.15, 0.2) is 5.69 Å². The Bertz CT molecular complexity index is 635. The number of nitriles is 1. The minimum atomic E-state index is -4.88. The second kappa shape index (κ2) is 5.37. The summed E-state index contributed by atoms with van der Waals surface area (Å²) in [6, 6.07) is 1.66. The van der Waals surface area contributed by atoms with Gasteiger partial charge in [-0.3, -0.25) is 4.79 Å². The van der Waals surface area contributed by atoms with Crippen LogP contribution in [0.2, 0.25) is 0 Å². The minimum absolute atomic E-state index is 0.418. The van der Waals surface area contributed by atoms with Crippen molar-refractivity contribution in [3.8, 4) is 6.07 Å². The Morgan fingerprint density at radius 3 is 2.43 bits per heavy atom. The number of carbonyl (C=O) groups excluding carboxylic acids is 1. The number of aliphatic hydroxyl groups is 1. The summed E-state index contributed by atoms with van der Waals surface area (Å²) < 4.78 is 38.0. The lowest BCUT2D eigenvalue weighted by molar-refractivity contribution is -0.161. The van der Waals surface area contributed by atoms with Crippen LogP contribution in [0.1, 0.15) is 18.2 Å². The Morgan fingerprint density at radius 1 is 1.43 bits per heavy atom. The molecule has 3 N–H and O–H groups in total. The smallest absolute Gasteiger partial charge is 0.419 e. The van der Waals surface area contributed by atoms with Crippen molar-refractivity contribution in [1.29, 1.82) is 5.26 Å². The van der Waals surface area contributed by atoms with Gasteiger partial charge in [0, 0.05) is 0 Å². The van der Waals surface area contributed by atoms with E-state index in [-0.39, 0.29) is 0 Å². The van der Waals surface area contributed by atoms with Crippen LogP contribution in [0.5, 0.6) is 0 Å². The van der Waals surface area contributed by atoms with E-state index in [1.807, 2.05) is 0 Å². The summed E-state index contributed by atoms with van der Waals surface area (Å²) in [5.41, 5.74) is -5.62. The van der Waals surface area contributed by atoms with E-state index >= 15 is 0 Å². The molecule has 7 nitrogen and oxygen atoms in total. The predicted molar refractivity (Wildman–Crippen MR) is 60.8 cm³/mol. The highest BCUT2D eigenvalue weighted by Crippen LogP contribution is 2.32. The van der Waals surface area contributed by atoms with E-state index < -0.39 is 40.6 Å². The minimum Gasteiger partial charge on any atom is -0.479 e. The molecule has 1 amide bonds. The fourth-order valence-electron chi connectivity index (χ4n) is 1.19. The molecule has 0 radical (unpaired) electrons. The maximum absolute atomic E-state index is 12.7. The van der Waals surface area contributed by atoms with Crippen LogP contribution in [-0.2, 0) is 15.8 Å². The van der Waals surface area contributed by atoms with E-state index in [1.54, 1.807) is 5.32 Å². The molecule has 1 aromatic heterocycles. The van der Waals surface area contributed by atoms with Crippen molar-refractivity contribution in [1.82, 2.24) is 4.98 Å². The number of halogens is 3. The molecule has 0 unspecified atom stereocenters. The molecular weight excluding hydrogens is 295 g/mol. The quantitative estimate of drug-likeness (QED) is 0.708. The number of aliphatic carboxylic acids is 1. The molecule has 0 bridgehead atoms. The Hall–Kier alpha value is -2.67. The van der Waals surface area contributed by atoms with Crippen LogP contribution in [0.3, 0.4) is 0 Å². The van der Waals surface area contributed by atoms with Gasteiger partial charge in [-0.2, -0.15) is 18.4 Å². The number of aromatic nitrogens is 1. The molecule has 0 aromatic carbocycles. The van der Waals surface area contributed by atoms with Crippen LogP contribution in [0, 0.1) is 11.3 Å². The van der Waals surface area contributed by atoms with Crippen molar-refractivity contribution in [3.63, 3.8) is 0 Å². The number of rotatable bonds is 3. The van der Waals surface area contributed by atoms with Crippen molar-refractivity contribution in [3.05, 3.63) is 23.5 Å². The van der Waals surface area contributed by atoms with E-state index in [2.05, 4.69) is 4.98 Å². The number of carboxylic acids is 1. The lowest BCUT2D eigenvalue weighted by atomic mass is 10.1. The molecule has 21 heavy (non-hydrogen) atoms. The molecule has 1 rings (SSSR count). The van der Waals surface area contributed by atoms with E-state index in [4.69, 9.17) is 10.4 Å². The lowest BCUT2D eigenvalue weighted by Gasteiger charge is -2.17. The molecule has 0 spiro atoms. The fraction of sp³-hybridized carbons (Fsp3) is 0.273. The van der Waals surface area contributed by atoms with Crippen LogP contribution in [0.15, 0.2) is 12.3 Å². The third-order valence-electron chi connectivity index (χ3n) is 2.42. The molecule has 0 aliphatic carbocycles. The Balaban J connectivity index is 3.16. The maximum Gasteiger partial charge on any atom is 0.419 e. The number of pyridine rings is 1. The van der Waals surface area contributed by atoms with Crippen LogP contribution >= 0.6 is 0 Å². The third-order valence-corrected chi connectivity index (χ3v) is 2.42. The second-order valence-electron chi connectivity index (χ2n) is 4.06. The van der Waals surface area contributed by atoms with Crippen LogP contribution in [0.4, 0.5) is 18.9 Å². The van der Waals surface area contributed by atoms with Gasteiger partial charge in [0.25, 0.3) is 5.91 Å². The largest absolute Gasteiger partial charge is 0.479 e. The maximum atomic E-state index is 12.7. The van der Waals surface area contributed by atoms with Crippen LogP contribution in [0.25, 0.3) is 0 Å². The van der Waals surface area contributed by atoms with Gasteiger partial charge in [0.2, 0.25) is 5.60 Å². The van der Waals surface area contributed by atoms with Crippen molar-refractivity contribution >= 4 is 17.6 Å². The van der Waals surface area contributed by atoms with Crippen LogP contribution < -0.4 is 5.32 Å². The number of alkyl halides is 3. The van der Waals surface area contributed by atoms with Crippen LogP contribution in [-0.4, -0.2) is 32.7 Å². The topological polar surface area (TPSA) is 123 Å². The zero-order valence-electron chi connectivity index (χ0n) is 10.4. The summed E-state index contributed by atoms with van der Waals surface area (Å²) in [5, 5.41) is 28.3. The summed E-state index contributed by atoms with van der Waals surface area (Å²) in [7, 11) is 0. The summed E-state index contributed by atoms with van der Waals surface area (Å²) in [5.74, 6) is -3.33. The highest BCUT2D eigenvalue weighted by atomic mass is 19.4. The van der Waals surface area contributed by atoms with E-state index in [0.717, 1.165) is 6.20 Å². The molecule has 112 valence electrons. The number of hydrogen-bond acceptors (Lipinski definition) is 5. The second-order valence-corrected chi connectivity index (χ2v) is 4.06. The molecule has 1 aromatic rings. The zero-order valence-corrected chi connectivity index (χ0v) is 10.4. The molecule has 0 aliphatic heterocycles. The summed E-state index contributed by atoms with van der Waals surface area (Å²) >= 11 is 0. The third kappa shape index (κ3) is 3.46. The number of carboxylic acid groups (broad SMARTS) is 1. The molecular formula is C11H8F3N3O4. The first-order valence-corrected chi connectivity index (χ1v) is 5.24. The van der Waals surface area contributed by atoms with E-state index in [9.17, 15) is 27.9 Å². The number of hydrogen-bond donors (Lipinski definition) is 3. The number of nitrogens with one attached hydrogen (secondary N) is 1. The first kappa shape index (κ1) is 16.4. The molecule has 1 heterocycles. The monoisotopic (exact) mass is 303 g/mol. The first-order valence-electron chi connectivity index (χ1n) is 5.24. The molecule has 0 saturated carbocycles. The molecule has 10 heteroatoms. The normalized spacial score (nSPS) is 13.9. The number of amides is 1. The van der Waals surface area contributed by atoms with Gasteiger partial charge in [-0.15, -0.1) is 0 Å². The predicted octanol–water partition coefficient (Wildman–Crippen LogP) is 0.746. The average Bonchev–Trinajstić information content (AvgIpc) is 2.37. The van der Waals surface area contributed by atoms with Gasteiger partial charge < -0.3 is 15.5 Å². The molecule has 1 atom stereocenters. The Morgan fingerprint density at radius 2 is 2.00 bits per heavy atom. The fourth-order valence-corrected chi connectivity index (χ4v) is 1.19. The van der Waals surface area contributed by atoms with Gasteiger partial charge in [-0.05, 0) is 13.0 Å². The Labute approximate surface area is 115 Å². The molecule has 0 aliphatic rings. The van der Waals surface area contributed by atoms with Gasteiger partial charge in [0.05, 0.1) is 17.4 Å². The van der Waals surface area contributed by atoms with Gasteiger partial charge in [-0.1, -0.05) is 0 Å². The summed E-state index contributed by atoms with van der Waals surface area (Å²) in [4.78, 5) is 25.3. The van der Waals surface area contributed by atoms with Gasteiger partial charge >= 0.3 is 12.1 Å². The highest BCUT2D eigenvalue weighted by Gasteiger charge is 2.40. The Kier molecular flexibility index (Phi) is 4.19. The number of nitrogens with zero attached hydrogens (tertiary/aromatic N) is 2. The van der Waals surface area contributed by atoms with Gasteiger partial charge in [0.1, 0.15) is 6.07 Å². The van der Waals surface area contributed by atoms with Gasteiger partial charge in [-0.25, -0.2) is 9.78 Å². The zero-order chi connectivity index (χ0) is 16.4. The van der Waals surface area contributed by atoms with Crippen molar-refractivity contribution in [2.24, 2.45) is 0 Å². The SMILES string of the molecule is C[C@](O)(C(=O)O)C(=O)Nc1cnc(C#N)c(C(F)(F)F)c1. The highest BCUT2D eigenvalue weighted by molar-refractivity contribution is 6.10. The van der Waals surface area contributed by atoms with E-state index in [0.29, 0.717) is 13.0 Å². The molecule has 0 saturated heterocycles. The number of anilines is 1. The average molecular weight is 303 g/mol. The standard InChI is InChI=1S/C11H8F3N3O4/c1-10(21,9(19)20)8(18)17-5-2-6(11(12,13)14)7(3-15)16-4-5/h2,4,21H,1H3,(H,17,18)(H,19,20)/t10-/m1/s1.